The summed E-state index contributed by atoms with van der Waals surface area (Å²) in [6.07, 6.45) is 0. The number of thiol groups is 1. The van der Waals surface area contributed by atoms with Crippen LogP contribution in [0.5, 0.6) is 0 Å². The summed E-state index contributed by atoms with van der Waals surface area (Å²) in [6.45, 7) is 2.95. The molecule has 0 saturated heterocycles. The minimum atomic E-state index is -2.88. The van der Waals surface area contributed by atoms with Crippen LogP contribution in [0.4, 0.5) is 0 Å². The molecule has 0 amide bonds. The summed E-state index contributed by atoms with van der Waals surface area (Å²) < 4.78 is 23.9. The van der Waals surface area contributed by atoms with Gasteiger partial charge in [-0.05, 0) is 0 Å². The molecule has 0 bridgehead atoms. The average Bonchev–Trinajstić information content (AvgIpc) is 1.84. The lowest BCUT2D eigenvalue weighted by Gasteiger charge is -1.91. The Hall–Kier alpha value is -0.840. The maximum atomic E-state index is 10.2. The van der Waals surface area contributed by atoms with Crippen molar-refractivity contribution in [2.75, 3.05) is 7.11 Å². The maximum Gasteiger partial charge on any atom is 0.348 e. The van der Waals surface area contributed by atoms with E-state index in [-0.39, 0.29) is 0 Å². The van der Waals surface area contributed by atoms with Crippen molar-refractivity contribution < 1.29 is 17.9 Å². The SMILES string of the molecule is C=C(C(=O)OC)[SH](=O)=O. The molecule has 0 N–H and O–H groups in total. The molecule has 0 aromatic rings. The second-order valence-corrected chi connectivity index (χ2v) is 2.25. The summed E-state index contributed by atoms with van der Waals surface area (Å²) in [5, 5.41) is 0. The summed E-state index contributed by atoms with van der Waals surface area (Å²) >= 11 is 0. The van der Waals surface area contributed by atoms with E-state index in [0.717, 1.165) is 7.11 Å². The zero-order valence-electron chi connectivity index (χ0n) is 4.79. The van der Waals surface area contributed by atoms with Crippen LogP contribution in [0.2, 0.25) is 0 Å². The molecule has 52 valence electrons. The van der Waals surface area contributed by atoms with Gasteiger partial charge in [0, 0.05) is 0 Å². The van der Waals surface area contributed by atoms with Gasteiger partial charge in [-0.2, -0.15) is 0 Å². The van der Waals surface area contributed by atoms with Crippen LogP contribution in [-0.2, 0) is 20.2 Å². The van der Waals surface area contributed by atoms with Crippen LogP contribution in [-0.4, -0.2) is 21.5 Å². The van der Waals surface area contributed by atoms with E-state index >= 15 is 0 Å². The predicted octanol–water partition coefficient (Wildman–Crippen LogP) is -0.716. The Morgan fingerprint density at radius 3 is 2.11 bits per heavy atom. The average molecular weight is 150 g/mol. The van der Waals surface area contributed by atoms with E-state index in [0.29, 0.717) is 0 Å². The fraction of sp³-hybridized carbons (Fsp3) is 0.250. The van der Waals surface area contributed by atoms with Crippen LogP contribution in [0.1, 0.15) is 0 Å². The summed E-state index contributed by atoms with van der Waals surface area (Å²) in [4.78, 5) is 9.73. The van der Waals surface area contributed by atoms with Crippen molar-refractivity contribution in [3.8, 4) is 0 Å². The lowest BCUT2D eigenvalue weighted by molar-refractivity contribution is -0.135. The number of hydrogen-bond donors (Lipinski definition) is 1. The number of esters is 1. The van der Waals surface area contributed by atoms with Crippen molar-refractivity contribution >= 4 is 16.7 Å². The van der Waals surface area contributed by atoms with Gasteiger partial charge in [0.1, 0.15) is 4.91 Å². The highest BCUT2D eigenvalue weighted by Gasteiger charge is 2.07. The van der Waals surface area contributed by atoms with Gasteiger partial charge >= 0.3 is 5.97 Å². The van der Waals surface area contributed by atoms with Crippen LogP contribution >= 0.6 is 0 Å². The molecular formula is C4H6O4S. The second kappa shape index (κ2) is 3.24. The molecular weight excluding hydrogens is 144 g/mol. The third kappa shape index (κ3) is 2.27. The fourth-order valence-electron chi connectivity index (χ4n) is 0.192. The van der Waals surface area contributed by atoms with Gasteiger partial charge in [0.15, 0.2) is 10.7 Å². The van der Waals surface area contributed by atoms with Gasteiger partial charge in [0.05, 0.1) is 7.11 Å². The largest absolute Gasteiger partial charge is 0.465 e. The van der Waals surface area contributed by atoms with Crippen molar-refractivity contribution in [1.29, 1.82) is 0 Å². The Bertz CT molecular complexity index is 195. The monoisotopic (exact) mass is 150 g/mol. The van der Waals surface area contributed by atoms with Crippen molar-refractivity contribution in [3.05, 3.63) is 11.5 Å². The highest BCUT2D eigenvalue weighted by atomic mass is 32.2. The molecule has 0 aliphatic rings. The van der Waals surface area contributed by atoms with Crippen LogP contribution < -0.4 is 0 Å². The lowest BCUT2D eigenvalue weighted by atomic mass is 10.6. The van der Waals surface area contributed by atoms with Gasteiger partial charge in [-0.1, -0.05) is 6.58 Å². The van der Waals surface area contributed by atoms with E-state index < -0.39 is 21.6 Å². The van der Waals surface area contributed by atoms with E-state index in [2.05, 4.69) is 11.3 Å². The smallest absolute Gasteiger partial charge is 0.348 e. The quantitative estimate of drug-likeness (QED) is 0.321. The van der Waals surface area contributed by atoms with Crippen molar-refractivity contribution in [2.45, 2.75) is 0 Å². The highest BCUT2D eigenvalue weighted by Crippen LogP contribution is 1.91. The molecule has 0 spiro atoms. The van der Waals surface area contributed by atoms with E-state index in [1.807, 2.05) is 0 Å². The Kier molecular flexibility index (Phi) is 2.94. The number of methoxy groups -OCH3 is 1. The van der Waals surface area contributed by atoms with Crippen LogP contribution in [0.15, 0.2) is 11.5 Å². The number of carbonyl (C=O) groups is 1. The first-order valence-corrected chi connectivity index (χ1v) is 3.19. The predicted molar refractivity (Wildman–Crippen MR) is 31.5 cm³/mol. The zero-order chi connectivity index (χ0) is 7.44. The van der Waals surface area contributed by atoms with Crippen molar-refractivity contribution in [3.63, 3.8) is 0 Å². The molecule has 9 heavy (non-hydrogen) atoms. The highest BCUT2D eigenvalue weighted by molar-refractivity contribution is 7.77. The van der Waals surface area contributed by atoms with Gasteiger partial charge < -0.3 is 4.74 Å². The van der Waals surface area contributed by atoms with E-state index in [4.69, 9.17) is 0 Å². The molecule has 4 nitrogen and oxygen atoms in total. The van der Waals surface area contributed by atoms with Crippen molar-refractivity contribution in [1.82, 2.24) is 0 Å². The first-order valence-electron chi connectivity index (χ1n) is 2.01. The third-order valence-electron chi connectivity index (χ3n) is 0.641. The van der Waals surface area contributed by atoms with Gasteiger partial charge in [-0.15, -0.1) is 0 Å². The summed E-state index contributed by atoms with van der Waals surface area (Å²) in [6, 6.07) is 0. The maximum absolute atomic E-state index is 10.2. The first-order chi connectivity index (χ1) is 4.09. The molecule has 0 aromatic carbocycles. The Labute approximate surface area is 54.1 Å². The third-order valence-corrected chi connectivity index (χ3v) is 1.26. The molecule has 0 heterocycles. The molecule has 0 aliphatic heterocycles. The summed E-state index contributed by atoms with van der Waals surface area (Å²) in [5.41, 5.74) is 0. The Morgan fingerprint density at radius 2 is 2.00 bits per heavy atom. The van der Waals surface area contributed by atoms with E-state index in [9.17, 15) is 13.2 Å². The van der Waals surface area contributed by atoms with E-state index in [1.165, 1.54) is 0 Å². The number of hydrogen-bond acceptors (Lipinski definition) is 4. The molecule has 0 fully saturated rings. The molecule has 0 aliphatic carbocycles. The zero-order valence-corrected chi connectivity index (χ0v) is 5.68. The van der Waals surface area contributed by atoms with Gasteiger partial charge in [-0.25, -0.2) is 13.2 Å². The second-order valence-electron chi connectivity index (χ2n) is 1.20. The standard InChI is InChI=1S/C4H6O4S/c1-3(9(6)7)4(5)8-2/h9H,1H2,2H3. The Balaban J connectivity index is 4.23. The topological polar surface area (TPSA) is 60.4 Å². The van der Waals surface area contributed by atoms with Crippen LogP contribution in [0.25, 0.3) is 0 Å². The molecule has 0 saturated carbocycles. The molecule has 0 atom stereocenters. The van der Waals surface area contributed by atoms with E-state index in [1.54, 1.807) is 0 Å². The van der Waals surface area contributed by atoms with Gasteiger partial charge in [0.2, 0.25) is 0 Å². The molecule has 0 unspecified atom stereocenters. The minimum Gasteiger partial charge on any atom is -0.465 e. The normalized spacial score (nSPS) is 9.11. The lowest BCUT2D eigenvalue weighted by Crippen LogP contribution is -2.03. The summed E-state index contributed by atoms with van der Waals surface area (Å²) in [7, 11) is -1.79. The molecule has 0 radical (unpaired) electrons. The fourth-order valence-corrected chi connectivity index (χ4v) is 0.433. The van der Waals surface area contributed by atoms with Gasteiger partial charge in [0.25, 0.3) is 0 Å². The first kappa shape index (κ1) is 8.16. The number of rotatable bonds is 2. The van der Waals surface area contributed by atoms with Gasteiger partial charge in [-0.3, -0.25) is 0 Å². The minimum absolute atomic E-state index is 0.521. The Morgan fingerprint density at radius 1 is 1.56 bits per heavy atom. The number of ether oxygens (including phenoxy) is 1. The molecule has 0 aromatic heterocycles. The number of carbonyl (C=O) groups excluding carboxylic acids is 1. The van der Waals surface area contributed by atoms with Crippen molar-refractivity contribution in [2.24, 2.45) is 0 Å². The molecule has 5 heteroatoms. The van der Waals surface area contributed by atoms with Crippen LogP contribution in [0.3, 0.4) is 0 Å². The molecule has 0 rings (SSSR count). The summed E-state index contributed by atoms with van der Waals surface area (Å²) in [5.74, 6) is -0.911. The van der Waals surface area contributed by atoms with Crippen LogP contribution in [0, 0.1) is 0 Å².